The largest absolute Gasteiger partial charge is 0.194 e. The third-order valence-corrected chi connectivity index (χ3v) is 15.1. The van der Waals surface area contributed by atoms with Gasteiger partial charge in [0.2, 0.25) is 0 Å². The van der Waals surface area contributed by atoms with Gasteiger partial charge in [0.25, 0.3) is 0 Å². The zero-order valence-corrected chi connectivity index (χ0v) is 38.6. The maximum absolute atomic E-state index is 4.94. The van der Waals surface area contributed by atoms with Gasteiger partial charge in [-0.15, -0.1) is 0 Å². The Morgan fingerprint density at radius 3 is 1.69 bits per heavy atom. The first-order valence-corrected chi connectivity index (χ1v) is 23.7. The molecule has 1 aliphatic carbocycles. The fourth-order valence-electron chi connectivity index (χ4n) is 11.2. The Morgan fingerprint density at radius 1 is 0.581 bits per heavy atom. The van der Waals surface area contributed by atoms with Crippen LogP contribution in [0.15, 0.2) is 152 Å². The zero-order valence-electron chi connectivity index (χ0n) is 38.6. The molecule has 6 aromatic carbocycles. The van der Waals surface area contributed by atoms with E-state index in [1.807, 2.05) is 0 Å². The first-order chi connectivity index (χ1) is 29.9. The molecule has 3 aliphatic rings. The zero-order chi connectivity index (χ0) is 43.4. The predicted molar refractivity (Wildman–Crippen MR) is 266 cm³/mol. The Morgan fingerprint density at radius 2 is 1.13 bits per heavy atom. The van der Waals surface area contributed by atoms with E-state index in [0.29, 0.717) is 5.92 Å². The molecule has 9 rings (SSSR count). The molecule has 6 aromatic rings. The fourth-order valence-corrected chi connectivity index (χ4v) is 11.2. The summed E-state index contributed by atoms with van der Waals surface area (Å²) in [5, 5.41) is 0. The van der Waals surface area contributed by atoms with Crippen molar-refractivity contribution >= 4 is 11.8 Å². The maximum atomic E-state index is 4.94. The molecule has 0 fully saturated rings. The van der Waals surface area contributed by atoms with Gasteiger partial charge in [-0.1, -0.05) is 183 Å². The van der Waals surface area contributed by atoms with Crippen LogP contribution >= 0.6 is 0 Å². The highest BCUT2D eigenvalue weighted by molar-refractivity contribution is 6.08. The lowest BCUT2D eigenvalue weighted by Gasteiger charge is -2.41. The Labute approximate surface area is 373 Å². The molecular formula is C61H66N+. The number of benzene rings is 6. The minimum absolute atomic E-state index is 0.0659. The van der Waals surface area contributed by atoms with Gasteiger partial charge in [-0.3, -0.25) is 0 Å². The molecule has 3 atom stereocenters. The van der Waals surface area contributed by atoms with Gasteiger partial charge in [0.15, 0.2) is 18.0 Å². The van der Waals surface area contributed by atoms with E-state index in [0.717, 1.165) is 6.42 Å². The lowest BCUT2D eigenvalue weighted by atomic mass is 9.65. The molecule has 0 radical (unpaired) electrons. The molecule has 314 valence electrons. The van der Waals surface area contributed by atoms with Crippen molar-refractivity contribution in [1.82, 2.24) is 0 Å². The van der Waals surface area contributed by atoms with E-state index in [2.05, 4.69) is 206 Å². The average Bonchev–Trinajstić information content (AvgIpc) is 3.56. The summed E-state index contributed by atoms with van der Waals surface area (Å²) in [5.74, 6) is 0.290. The number of unbranched alkanes of at least 4 members (excludes halogenated alkanes) is 2. The summed E-state index contributed by atoms with van der Waals surface area (Å²) in [6, 6.07) is 51.2. The van der Waals surface area contributed by atoms with Crippen LogP contribution in [0.3, 0.4) is 0 Å². The highest BCUT2D eigenvalue weighted by Gasteiger charge is 2.52. The van der Waals surface area contributed by atoms with Crippen molar-refractivity contribution in [2.75, 3.05) is 0 Å². The molecule has 0 bridgehead atoms. The molecule has 0 saturated carbocycles. The van der Waals surface area contributed by atoms with E-state index in [9.17, 15) is 0 Å². The Balaban J connectivity index is 1.07. The van der Waals surface area contributed by atoms with Crippen LogP contribution in [0.4, 0.5) is 0 Å². The van der Waals surface area contributed by atoms with E-state index in [4.69, 9.17) is 6.58 Å². The number of allylic oxidation sites excluding steroid dienone is 2. The van der Waals surface area contributed by atoms with E-state index >= 15 is 0 Å². The summed E-state index contributed by atoms with van der Waals surface area (Å²) >= 11 is 0. The lowest BCUT2D eigenvalue weighted by molar-refractivity contribution is -0.541. The van der Waals surface area contributed by atoms with Crippen LogP contribution < -0.4 is 0 Å². The van der Waals surface area contributed by atoms with Crippen LogP contribution in [0.5, 0.6) is 0 Å². The second kappa shape index (κ2) is 16.3. The van der Waals surface area contributed by atoms with Gasteiger partial charge >= 0.3 is 0 Å². The molecule has 1 heteroatoms. The predicted octanol–water partition coefficient (Wildman–Crippen LogP) is 16.7. The fraction of sp³-hybridized carbons (Fsp3) is 0.328. The second-order valence-corrected chi connectivity index (χ2v) is 20.0. The van der Waals surface area contributed by atoms with Crippen LogP contribution in [0.1, 0.15) is 140 Å². The van der Waals surface area contributed by atoms with Crippen molar-refractivity contribution in [1.29, 1.82) is 0 Å². The molecule has 0 saturated heterocycles. The van der Waals surface area contributed by atoms with Gasteiger partial charge in [0, 0.05) is 22.5 Å². The SMILES string of the molecule is C=C1[N+]2=CC(c3cccc(-c4cccc(-c5cccc(-c6ccc(C(C)(C)C)cc6)c5)c4)c3)=CC(C)C2c2cc3c(cc2C1(C)CC)-c1ccccc1C3(CCCC)CCCC. The summed E-state index contributed by atoms with van der Waals surface area (Å²) in [4.78, 5) is 0. The molecule has 0 aromatic heterocycles. The standard InChI is InChI=1S/C61H66N/c1-10-13-32-61(33-14-11-2)55-27-16-15-26-52(55)53-38-56-54(39-57(53)61)58-41(4)34-50(40-62(58)42(5)60(56,9)12-3)49-25-19-24-48(37-49)47-23-18-22-46(36-47)45-21-17-20-44(35-45)43-28-30-51(31-29-43)59(6,7)8/h15-31,34-41,58H,5,10-14,32-33H2,1-4,6-9H3/q+1. The van der Waals surface area contributed by atoms with E-state index in [1.165, 1.54) is 117 Å². The van der Waals surface area contributed by atoms with Crippen molar-refractivity contribution in [2.45, 2.75) is 123 Å². The quantitative estimate of drug-likeness (QED) is 0.115. The number of hydrogen-bond acceptors (Lipinski definition) is 0. The van der Waals surface area contributed by atoms with Crippen molar-refractivity contribution in [3.05, 3.63) is 185 Å². The summed E-state index contributed by atoms with van der Waals surface area (Å²) in [5.41, 5.74) is 21.5. The lowest BCUT2D eigenvalue weighted by Crippen LogP contribution is -2.43. The maximum Gasteiger partial charge on any atom is 0.190 e. The number of nitrogens with zero attached hydrogens (tertiary/aromatic N) is 1. The van der Waals surface area contributed by atoms with Gasteiger partial charge in [0.1, 0.15) is 0 Å². The van der Waals surface area contributed by atoms with Crippen LogP contribution in [-0.2, 0) is 16.2 Å². The Kier molecular flexibility index (Phi) is 11.0. The second-order valence-electron chi connectivity index (χ2n) is 20.0. The molecule has 1 nitrogen and oxygen atoms in total. The molecule has 62 heavy (non-hydrogen) atoms. The van der Waals surface area contributed by atoms with Crippen LogP contribution in [0.25, 0.3) is 50.1 Å². The minimum Gasteiger partial charge on any atom is -0.194 e. The van der Waals surface area contributed by atoms with Gasteiger partial charge in [-0.25, -0.2) is 0 Å². The normalized spacial score (nSPS) is 19.8. The first-order valence-electron chi connectivity index (χ1n) is 23.7. The number of hydrogen-bond donors (Lipinski definition) is 0. The smallest absolute Gasteiger partial charge is 0.190 e. The summed E-state index contributed by atoms with van der Waals surface area (Å²) in [6.45, 7) is 23.7. The highest BCUT2D eigenvalue weighted by Crippen LogP contribution is 2.58. The first kappa shape index (κ1) is 41.8. The summed E-state index contributed by atoms with van der Waals surface area (Å²) in [6.07, 6.45) is 13.3. The van der Waals surface area contributed by atoms with Crippen molar-refractivity contribution < 1.29 is 4.58 Å². The van der Waals surface area contributed by atoms with Crippen molar-refractivity contribution in [3.8, 4) is 44.5 Å². The van der Waals surface area contributed by atoms with Gasteiger partial charge in [-0.05, 0) is 141 Å². The van der Waals surface area contributed by atoms with Gasteiger partial charge in [-0.2, -0.15) is 4.58 Å². The van der Waals surface area contributed by atoms with Crippen molar-refractivity contribution in [3.63, 3.8) is 0 Å². The number of rotatable bonds is 11. The van der Waals surface area contributed by atoms with Crippen LogP contribution in [0.2, 0.25) is 0 Å². The number of fused-ring (bicyclic) bond motifs is 6. The average molecular weight is 813 g/mol. The Hall–Kier alpha value is -5.53. The topological polar surface area (TPSA) is 3.01 Å². The molecule has 2 heterocycles. The minimum atomic E-state index is -0.179. The summed E-state index contributed by atoms with van der Waals surface area (Å²) < 4.78 is 2.58. The van der Waals surface area contributed by atoms with E-state index < -0.39 is 0 Å². The molecule has 2 aliphatic heterocycles. The molecule has 0 N–H and O–H groups in total. The third-order valence-electron chi connectivity index (χ3n) is 15.1. The van der Waals surface area contributed by atoms with Crippen LogP contribution in [0, 0.1) is 5.92 Å². The van der Waals surface area contributed by atoms with Gasteiger partial charge in [0.05, 0.1) is 5.41 Å². The van der Waals surface area contributed by atoms with Crippen LogP contribution in [-0.4, -0.2) is 10.8 Å². The van der Waals surface area contributed by atoms with Gasteiger partial charge < -0.3 is 0 Å². The van der Waals surface area contributed by atoms with E-state index in [1.54, 1.807) is 11.1 Å². The molecule has 0 amide bonds. The van der Waals surface area contributed by atoms with E-state index in [-0.39, 0.29) is 22.3 Å². The van der Waals surface area contributed by atoms with Crippen molar-refractivity contribution in [2.24, 2.45) is 5.92 Å². The third kappa shape index (κ3) is 7.06. The molecule has 3 unspecified atom stereocenters. The highest BCUT2D eigenvalue weighted by atomic mass is 15.1. The molecule has 0 spiro atoms. The summed E-state index contributed by atoms with van der Waals surface area (Å²) in [7, 11) is 0. The molecular weight excluding hydrogens is 747 g/mol. The Bertz CT molecular complexity index is 2720. The monoisotopic (exact) mass is 813 g/mol.